The van der Waals surface area contributed by atoms with E-state index in [2.05, 4.69) is 61.6 Å². The van der Waals surface area contributed by atoms with Crippen LogP contribution in [0.15, 0.2) is 72.8 Å². The average molecular weight is 414 g/mol. The van der Waals surface area contributed by atoms with Crippen LogP contribution in [0.2, 0.25) is 0 Å². The SMILES string of the molecule is C[C@@H](OC[C@H](O)CNC(C)(C)Cc1ccc2ccccc2c1)c1ccccc1.Cl. The topological polar surface area (TPSA) is 41.5 Å². The molecule has 0 aromatic heterocycles. The van der Waals surface area contributed by atoms with Crippen LogP contribution in [0.4, 0.5) is 0 Å². The monoisotopic (exact) mass is 413 g/mol. The van der Waals surface area contributed by atoms with Gasteiger partial charge in [-0.05, 0) is 49.1 Å². The van der Waals surface area contributed by atoms with Gasteiger partial charge in [-0.25, -0.2) is 0 Å². The van der Waals surface area contributed by atoms with Crippen molar-refractivity contribution in [3.05, 3.63) is 83.9 Å². The molecule has 0 amide bonds. The molecule has 3 aromatic carbocycles. The molecule has 0 spiro atoms. The molecule has 3 aromatic rings. The molecule has 3 rings (SSSR count). The highest BCUT2D eigenvalue weighted by Crippen LogP contribution is 2.20. The summed E-state index contributed by atoms with van der Waals surface area (Å²) in [5.74, 6) is 0. The predicted molar refractivity (Wildman–Crippen MR) is 124 cm³/mol. The summed E-state index contributed by atoms with van der Waals surface area (Å²) in [5, 5.41) is 16.3. The molecule has 4 heteroatoms. The van der Waals surface area contributed by atoms with Gasteiger partial charge in [0.15, 0.2) is 0 Å². The zero-order valence-corrected chi connectivity index (χ0v) is 18.3. The summed E-state index contributed by atoms with van der Waals surface area (Å²) in [6.07, 6.45) is 0.328. The molecule has 29 heavy (non-hydrogen) atoms. The minimum atomic E-state index is -0.540. The van der Waals surface area contributed by atoms with Crippen LogP contribution in [0.1, 0.15) is 38.0 Å². The second-order valence-electron chi connectivity index (χ2n) is 8.16. The molecular weight excluding hydrogens is 382 g/mol. The highest BCUT2D eigenvalue weighted by Gasteiger charge is 2.20. The summed E-state index contributed by atoms with van der Waals surface area (Å²) in [6.45, 7) is 7.17. The minimum absolute atomic E-state index is 0. The Bertz CT molecular complexity index is 882. The first-order valence-corrected chi connectivity index (χ1v) is 10.0. The van der Waals surface area contributed by atoms with Crippen LogP contribution in [-0.2, 0) is 11.2 Å². The molecule has 0 aliphatic rings. The van der Waals surface area contributed by atoms with Gasteiger partial charge < -0.3 is 15.2 Å². The Hall–Kier alpha value is -1.91. The van der Waals surface area contributed by atoms with Gasteiger partial charge in [0.05, 0.1) is 18.8 Å². The molecule has 0 bridgehead atoms. The van der Waals surface area contributed by atoms with Gasteiger partial charge in [-0.1, -0.05) is 72.8 Å². The number of aliphatic hydroxyl groups excluding tert-OH is 1. The van der Waals surface area contributed by atoms with E-state index >= 15 is 0 Å². The Morgan fingerprint density at radius 1 is 0.931 bits per heavy atom. The second-order valence-corrected chi connectivity index (χ2v) is 8.16. The molecule has 156 valence electrons. The molecule has 0 fully saturated rings. The molecule has 0 saturated carbocycles. The highest BCUT2D eigenvalue weighted by molar-refractivity contribution is 5.85. The third-order valence-corrected chi connectivity index (χ3v) is 5.08. The number of rotatable bonds is 9. The number of fused-ring (bicyclic) bond motifs is 1. The molecule has 0 aliphatic carbocycles. The molecular formula is C25H32ClNO2. The third kappa shape index (κ3) is 7.13. The first kappa shape index (κ1) is 23.4. The normalized spacial score (nSPS) is 13.7. The lowest BCUT2D eigenvalue weighted by atomic mass is 9.93. The van der Waals surface area contributed by atoms with Crippen molar-refractivity contribution in [3.63, 3.8) is 0 Å². The number of hydrogen-bond acceptors (Lipinski definition) is 3. The van der Waals surface area contributed by atoms with E-state index in [9.17, 15) is 5.11 Å². The van der Waals surface area contributed by atoms with E-state index < -0.39 is 6.10 Å². The Balaban J connectivity index is 0.00000300. The molecule has 0 aliphatic heterocycles. The second kappa shape index (κ2) is 10.7. The largest absolute Gasteiger partial charge is 0.389 e. The van der Waals surface area contributed by atoms with E-state index in [4.69, 9.17) is 4.74 Å². The third-order valence-electron chi connectivity index (χ3n) is 5.08. The lowest BCUT2D eigenvalue weighted by Crippen LogP contribution is -2.46. The number of benzene rings is 3. The van der Waals surface area contributed by atoms with E-state index in [1.807, 2.05) is 37.3 Å². The van der Waals surface area contributed by atoms with Crippen molar-refractivity contribution < 1.29 is 9.84 Å². The van der Waals surface area contributed by atoms with Gasteiger partial charge in [-0.3, -0.25) is 0 Å². The summed E-state index contributed by atoms with van der Waals surface area (Å²) in [4.78, 5) is 0. The molecule has 0 unspecified atom stereocenters. The van der Waals surface area contributed by atoms with Gasteiger partial charge in [-0.15, -0.1) is 12.4 Å². The van der Waals surface area contributed by atoms with Gasteiger partial charge in [0.2, 0.25) is 0 Å². The first-order valence-electron chi connectivity index (χ1n) is 10.0. The summed E-state index contributed by atoms with van der Waals surface area (Å²) in [5.41, 5.74) is 2.30. The van der Waals surface area contributed by atoms with E-state index in [1.165, 1.54) is 16.3 Å². The molecule has 2 N–H and O–H groups in total. The number of aliphatic hydroxyl groups is 1. The van der Waals surface area contributed by atoms with Crippen LogP contribution in [0.5, 0.6) is 0 Å². The van der Waals surface area contributed by atoms with Crippen molar-refractivity contribution in [1.29, 1.82) is 0 Å². The fourth-order valence-electron chi connectivity index (χ4n) is 3.45. The zero-order chi connectivity index (χ0) is 20.0. The quantitative estimate of drug-likeness (QED) is 0.499. The van der Waals surface area contributed by atoms with Gasteiger partial charge >= 0.3 is 0 Å². The fourth-order valence-corrected chi connectivity index (χ4v) is 3.45. The maximum Gasteiger partial charge on any atom is 0.0898 e. The Labute approximate surface area is 180 Å². The Morgan fingerprint density at radius 2 is 1.59 bits per heavy atom. The van der Waals surface area contributed by atoms with Crippen molar-refractivity contribution >= 4 is 23.2 Å². The molecule has 0 heterocycles. The number of halogens is 1. The van der Waals surface area contributed by atoms with Crippen LogP contribution in [0, 0.1) is 0 Å². The van der Waals surface area contributed by atoms with Gasteiger partial charge in [0.25, 0.3) is 0 Å². The average Bonchev–Trinajstić information content (AvgIpc) is 2.71. The molecule has 0 saturated heterocycles. The molecule has 0 radical (unpaired) electrons. The van der Waals surface area contributed by atoms with Crippen LogP contribution in [-0.4, -0.2) is 29.9 Å². The maximum absolute atomic E-state index is 10.3. The van der Waals surface area contributed by atoms with E-state index in [-0.39, 0.29) is 24.0 Å². The van der Waals surface area contributed by atoms with Crippen LogP contribution >= 0.6 is 12.4 Å². The van der Waals surface area contributed by atoms with Crippen LogP contribution in [0.25, 0.3) is 10.8 Å². The Morgan fingerprint density at radius 3 is 2.31 bits per heavy atom. The minimum Gasteiger partial charge on any atom is -0.389 e. The van der Waals surface area contributed by atoms with E-state index in [0.29, 0.717) is 13.2 Å². The van der Waals surface area contributed by atoms with Crippen LogP contribution < -0.4 is 5.32 Å². The van der Waals surface area contributed by atoms with Gasteiger partial charge in [0.1, 0.15) is 0 Å². The fraction of sp³-hybridized carbons (Fsp3) is 0.360. The number of nitrogens with one attached hydrogen (secondary N) is 1. The standard InChI is InChI=1S/C25H31NO2.ClH/c1-19(21-9-5-4-6-10-21)28-18-24(27)17-26-25(2,3)16-20-13-14-22-11-7-8-12-23(22)15-20;/h4-15,19,24,26-27H,16-18H2,1-3H3;1H/t19-,24-;/m1./s1. The van der Waals surface area contributed by atoms with E-state index in [1.54, 1.807) is 0 Å². The van der Waals surface area contributed by atoms with Crippen LogP contribution in [0.3, 0.4) is 0 Å². The summed E-state index contributed by atoms with van der Waals surface area (Å²) in [6, 6.07) is 25.1. The lowest BCUT2D eigenvalue weighted by Gasteiger charge is -2.28. The number of β-amino-alcohol motifs (C(OH)–C–C–N with tert-alkyl or cyclic N) is 1. The zero-order valence-electron chi connectivity index (χ0n) is 17.5. The van der Waals surface area contributed by atoms with Gasteiger partial charge in [-0.2, -0.15) is 0 Å². The number of ether oxygens (including phenoxy) is 1. The van der Waals surface area contributed by atoms with Crippen molar-refractivity contribution in [1.82, 2.24) is 5.32 Å². The number of hydrogen-bond donors (Lipinski definition) is 2. The van der Waals surface area contributed by atoms with Crippen molar-refractivity contribution in [2.45, 2.75) is 44.9 Å². The van der Waals surface area contributed by atoms with Gasteiger partial charge in [0, 0.05) is 12.1 Å². The molecule has 3 nitrogen and oxygen atoms in total. The lowest BCUT2D eigenvalue weighted by molar-refractivity contribution is -0.00417. The smallest absolute Gasteiger partial charge is 0.0898 e. The predicted octanol–water partition coefficient (Wildman–Crippen LogP) is 5.31. The van der Waals surface area contributed by atoms with Crippen molar-refractivity contribution in [2.24, 2.45) is 0 Å². The van der Waals surface area contributed by atoms with Crippen molar-refractivity contribution in [2.75, 3.05) is 13.2 Å². The molecule has 2 atom stereocenters. The highest BCUT2D eigenvalue weighted by atomic mass is 35.5. The summed E-state index contributed by atoms with van der Waals surface area (Å²) < 4.78 is 5.83. The summed E-state index contributed by atoms with van der Waals surface area (Å²) >= 11 is 0. The van der Waals surface area contributed by atoms with E-state index in [0.717, 1.165) is 12.0 Å². The summed E-state index contributed by atoms with van der Waals surface area (Å²) in [7, 11) is 0. The Kier molecular flexibility index (Phi) is 8.66. The van der Waals surface area contributed by atoms with Crippen molar-refractivity contribution in [3.8, 4) is 0 Å². The maximum atomic E-state index is 10.3. The first-order chi connectivity index (χ1) is 13.4.